The summed E-state index contributed by atoms with van der Waals surface area (Å²) in [6.07, 6.45) is 9.37. The largest absolute Gasteiger partial charge is 0.463 e. The van der Waals surface area contributed by atoms with E-state index in [1.54, 1.807) is 24.3 Å². The lowest BCUT2D eigenvalue weighted by atomic mass is 9.63. The van der Waals surface area contributed by atoms with Gasteiger partial charge in [-0.3, -0.25) is 0 Å². The molecule has 28 heavy (non-hydrogen) atoms. The van der Waals surface area contributed by atoms with Crippen LogP contribution in [0.4, 0.5) is 4.39 Å². The van der Waals surface area contributed by atoms with Gasteiger partial charge >= 0.3 is 5.97 Å². The molecule has 6 heteroatoms. The monoisotopic (exact) mass is 426 g/mol. The molecule has 1 heterocycles. The molecule has 156 valence electrons. The van der Waals surface area contributed by atoms with Crippen LogP contribution in [0.1, 0.15) is 68.6 Å². The average Bonchev–Trinajstić information content (AvgIpc) is 2.71. The first-order valence-corrected chi connectivity index (χ1v) is 14.1. The van der Waals surface area contributed by atoms with Gasteiger partial charge in [-0.25, -0.2) is 9.18 Å². The number of carbonyl (C=O) groups excluding carboxylic acids is 1. The van der Waals surface area contributed by atoms with Gasteiger partial charge < -0.3 is 9.47 Å². The van der Waals surface area contributed by atoms with Crippen LogP contribution in [0.15, 0.2) is 24.3 Å². The van der Waals surface area contributed by atoms with Crippen LogP contribution >= 0.6 is 11.1 Å². The Labute approximate surface area is 174 Å². The second-order valence-corrected chi connectivity index (χ2v) is 12.6. The van der Waals surface area contributed by atoms with Crippen molar-refractivity contribution in [3.63, 3.8) is 0 Å². The molecule has 0 amide bonds. The van der Waals surface area contributed by atoms with E-state index in [1.165, 1.54) is 37.8 Å². The summed E-state index contributed by atoms with van der Waals surface area (Å²) in [6, 6.07) is 9.00. The fourth-order valence-corrected chi connectivity index (χ4v) is 8.00. The van der Waals surface area contributed by atoms with Crippen molar-refractivity contribution in [2.24, 2.45) is 11.3 Å². The predicted octanol–water partition coefficient (Wildman–Crippen LogP) is 6.25. The zero-order valence-electron chi connectivity index (χ0n) is 16.8. The van der Waals surface area contributed by atoms with E-state index in [1.807, 2.05) is 0 Å². The van der Waals surface area contributed by atoms with Crippen molar-refractivity contribution < 1.29 is 18.7 Å². The van der Waals surface area contributed by atoms with Gasteiger partial charge in [-0.1, -0.05) is 13.3 Å². The van der Waals surface area contributed by atoms with Crippen LogP contribution in [0.25, 0.3) is 0 Å². The molecule has 3 nitrogen and oxygen atoms in total. The van der Waals surface area contributed by atoms with Gasteiger partial charge in [0.1, 0.15) is 20.0 Å². The number of esters is 1. The van der Waals surface area contributed by atoms with Crippen molar-refractivity contribution in [1.29, 1.82) is 0 Å². The Kier molecular flexibility index (Phi) is 7.81. The molecule has 2 aliphatic rings. The maximum Gasteiger partial charge on any atom is 0.338 e. The van der Waals surface area contributed by atoms with E-state index < -0.39 is 15.0 Å². The topological polar surface area (TPSA) is 35.5 Å². The van der Waals surface area contributed by atoms with Gasteiger partial charge in [0, 0.05) is 0 Å². The van der Waals surface area contributed by atoms with Gasteiger partial charge in [0.05, 0.1) is 5.56 Å². The number of alkyl halides is 1. The predicted molar refractivity (Wildman–Crippen MR) is 113 cm³/mol. The summed E-state index contributed by atoms with van der Waals surface area (Å²) in [7, 11) is -0.958. The third-order valence-corrected chi connectivity index (χ3v) is 9.92. The molecule has 1 saturated carbocycles. The molecule has 0 aromatic heterocycles. The SMILES string of the molecule is CCCC1(C2CCC(OC(=O)c3ccc(OCF)cc3)CC2)CC[SiH](Cl)CC1. The zero-order valence-corrected chi connectivity index (χ0v) is 18.7. The zero-order chi connectivity index (χ0) is 20.0. The number of hydrogen-bond acceptors (Lipinski definition) is 3. The van der Waals surface area contributed by atoms with Crippen molar-refractivity contribution >= 4 is 25.2 Å². The molecule has 0 atom stereocenters. The Bertz CT molecular complexity index is 623. The molecule has 0 unspecified atom stereocenters. The highest BCUT2D eigenvalue weighted by molar-refractivity contribution is 7.07. The minimum Gasteiger partial charge on any atom is -0.463 e. The summed E-state index contributed by atoms with van der Waals surface area (Å²) in [5.74, 6) is 0.861. The van der Waals surface area contributed by atoms with Crippen LogP contribution in [0.5, 0.6) is 5.75 Å². The Hall–Kier alpha value is -1.07. The highest BCUT2D eigenvalue weighted by Gasteiger charge is 2.42. The number of halogens is 2. The minimum absolute atomic E-state index is 0.00272. The molecule has 3 rings (SSSR count). The third kappa shape index (κ3) is 5.29. The third-order valence-electron chi connectivity index (χ3n) is 6.78. The van der Waals surface area contributed by atoms with E-state index in [-0.39, 0.29) is 12.1 Å². The first-order valence-electron chi connectivity index (χ1n) is 10.7. The van der Waals surface area contributed by atoms with E-state index in [9.17, 15) is 9.18 Å². The fraction of sp³-hybridized carbons (Fsp3) is 0.682. The molecule has 1 saturated heterocycles. The maximum absolute atomic E-state index is 12.4. The Balaban J connectivity index is 1.52. The summed E-state index contributed by atoms with van der Waals surface area (Å²) >= 11 is 6.50. The lowest BCUT2D eigenvalue weighted by Gasteiger charge is -2.47. The molecule has 1 aliphatic heterocycles. The van der Waals surface area contributed by atoms with E-state index in [2.05, 4.69) is 6.92 Å². The molecule has 2 fully saturated rings. The molecular formula is C22H32ClFO3Si. The first-order chi connectivity index (χ1) is 13.6. The van der Waals surface area contributed by atoms with E-state index in [0.717, 1.165) is 31.6 Å². The summed E-state index contributed by atoms with van der Waals surface area (Å²) in [6.45, 7) is 1.42. The maximum atomic E-state index is 12.4. The van der Waals surface area contributed by atoms with E-state index >= 15 is 0 Å². The van der Waals surface area contributed by atoms with Crippen LogP contribution in [-0.2, 0) is 4.74 Å². The molecular weight excluding hydrogens is 395 g/mol. The molecule has 1 aliphatic carbocycles. The molecule has 1 aromatic carbocycles. The van der Waals surface area contributed by atoms with Crippen molar-refractivity contribution in [2.75, 3.05) is 6.86 Å². The average molecular weight is 427 g/mol. The van der Waals surface area contributed by atoms with Gasteiger partial charge in [0.2, 0.25) is 6.86 Å². The van der Waals surface area contributed by atoms with Gasteiger partial charge in [-0.2, -0.15) is 11.1 Å². The van der Waals surface area contributed by atoms with E-state index in [0.29, 0.717) is 16.7 Å². The molecule has 0 bridgehead atoms. The summed E-state index contributed by atoms with van der Waals surface area (Å²) < 4.78 is 22.7. The van der Waals surface area contributed by atoms with Crippen LogP contribution in [0, 0.1) is 11.3 Å². The highest BCUT2D eigenvalue weighted by atomic mass is 35.6. The summed E-state index contributed by atoms with van der Waals surface area (Å²) in [5.41, 5.74) is 0.968. The van der Waals surface area contributed by atoms with Crippen LogP contribution in [0.2, 0.25) is 12.1 Å². The smallest absolute Gasteiger partial charge is 0.338 e. The van der Waals surface area contributed by atoms with Gasteiger partial charge in [0.25, 0.3) is 0 Å². The van der Waals surface area contributed by atoms with Gasteiger partial charge in [0.15, 0.2) is 0 Å². The Morgan fingerprint density at radius 2 is 1.82 bits per heavy atom. The minimum atomic E-state index is -0.958. The van der Waals surface area contributed by atoms with Gasteiger partial charge in [-0.15, -0.1) is 0 Å². The second-order valence-electron chi connectivity index (χ2n) is 8.44. The van der Waals surface area contributed by atoms with Crippen molar-refractivity contribution in [2.45, 2.75) is 76.5 Å². The standard InChI is InChI=1S/C22H32ClFO3Si/c1-2-11-22(12-14-28(23)15-13-22)18-5-9-20(10-6-18)27-21(25)17-3-7-19(8-4-17)26-16-24/h3-4,7-8,18,20,28H,2,5-6,9-16H2,1H3. The molecule has 1 aromatic rings. The fourth-order valence-electron chi connectivity index (χ4n) is 5.28. The number of rotatable bonds is 7. The second kappa shape index (κ2) is 10.1. The lowest BCUT2D eigenvalue weighted by Crippen LogP contribution is -2.39. The van der Waals surface area contributed by atoms with Crippen molar-refractivity contribution in [1.82, 2.24) is 0 Å². The number of benzene rings is 1. The van der Waals surface area contributed by atoms with Crippen LogP contribution in [0.3, 0.4) is 0 Å². The summed E-state index contributed by atoms with van der Waals surface area (Å²) in [4.78, 5) is 12.4. The quantitative estimate of drug-likeness (QED) is 0.293. The van der Waals surface area contributed by atoms with Crippen LogP contribution in [-0.4, -0.2) is 27.0 Å². The van der Waals surface area contributed by atoms with Crippen molar-refractivity contribution in [3.05, 3.63) is 29.8 Å². The van der Waals surface area contributed by atoms with Crippen molar-refractivity contribution in [3.8, 4) is 5.75 Å². The molecule has 0 spiro atoms. The van der Waals surface area contributed by atoms with Crippen LogP contribution < -0.4 is 4.74 Å². The Morgan fingerprint density at radius 1 is 1.18 bits per heavy atom. The number of hydrogen-bond donors (Lipinski definition) is 0. The van der Waals surface area contributed by atoms with E-state index in [4.69, 9.17) is 20.6 Å². The summed E-state index contributed by atoms with van der Waals surface area (Å²) in [5, 5.41) is 0. The highest BCUT2D eigenvalue weighted by Crippen LogP contribution is 2.52. The molecule has 0 radical (unpaired) electrons. The normalized spacial score (nSPS) is 30.6. The number of ether oxygens (including phenoxy) is 2. The van der Waals surface area contributed by atoms with Gasteiger partial charge in [-0.05, 0) is 92.6 Å². The number of carbonyl (C=O) groups is 1. The first kappa shape index (κ1) is 21.6. The lowest BCUT2D eigenvalue weighted by molar-refractivity contribution is -0.000701. The molecule has 0 N–H and O–H groups in total. The Morgan fingerprint density at radius 3 is 2.39 bits per heavy atom.